The molecule has 0 aromatic carbocycles. The van der Waals surface area contributed by atoms with Crippen LogP contribution in [0.15, 0.2) is 4.52 Å². The minimum absolute atomic E-state index is 0.285. The van der Waals surface area contributed by atoms with E-state index in [2.05, 4.69) is 9.88 Å². The van der Waals surface area contributed by atoms with Crippen molar-refractivity contribution < 1.29 is 17.7 Å². The molecule has 0 bridgehead atoms. The summed E-state index contributed by atoms with van der Waals surface area (Å²) in [5, 5.41) is 3.91. The SMILES string of the molecule is COCC1CCCN(S(=O)(=O)NCCCc2c(C)noc2C)C1. The average molecular weight is 345 g/mol. The summed E-state index contributed by atoms with van der Waals surface area (Å²) in [5.41, 5.74) is 1.95. The molecule has 1 saturated heterocycles. The molecule has 1 atom stereocenters. The van der Waals surface area contributed by atoms with Crippen molar-refractivity contribution in [3.8, 4) is 0 Å². The summed E-state index contributed by atoms with van der Waals surface area (Å²) < 4.78 is 39.2. The van der Waals surface area contributed by atoms with Crippen molar-refractivity contribution in [2.75, 3.05) is 33.4 Å². The third-order valence-electron chi connectivity index (χ3n) is 4.29. The van der Waals surface area contributed by atoms with Crippen LogP contribution >= 0.6 is 0 Å². The highest BCUT2D eigenvalue weighted by Gasteiger charge is 2.28. The van der Waals surface area contributed by atoms with Crippen LogP contribution in [-0.4, -0.2) is 51.2 Å². The Bertz CT molecular complexity index is 578. The molecule has 1 aromatic heterocycles. The molecule has 1 aliphatic heterocycles. The number of hydrogen-bond acceptors (Lipinski definition) is 5. The van der Waals surface area contributed by atoms with Crippen molar-refractivity contribution in [2.45, 2.75) is 39.5 Å². The second-order valence-electron chi connectivity index (χ2n) is 6.13. The minimum atomic E-state index is -3.41. The summed E-state index contributed by atoms with van der Waals surface area (Å²) in [5.74, 6) is 1.09. The van der Waals surface area contributed by atoms with Crippen LogP contribution in [0.2, 0.25) is 0 Å². The van der Waals surface area contributed by atoms with Gasteiger partial charge in [-0.3, -0.25) is 0 Å². The number of methoxy groups -OCH3 is 1. The average Bonchev–Trinajstić information content (AvgIpc) is 2.83. The van der Waals surface area contributed by atoms with E-state index in [4.69, 9.17) is 9.26 Å². The van der Waals surface area contributed by atoms with Crippen LogP contribution < -0.4 is 4.72 Å². The van der Waals surface area contributed by atoms with Crippen molar-refractivity contribution in [3.05, 3.63) is 17.0 Å². The molecule has 2 heterocycles. The molecule has 1 N–H and O–H groups in total. The molecular formula is C15H27N3O4S. The Labute approximate surface area is 138 Å². The van der Waals surface area contributed by atoms with Crippen LogP contribution in [0, 0.1) is 19.8 Å². The molecule has 1 aromatic rings. The Morgan fingerprint density at radius 3 is 2.87 bits per heavy atom. The van der Waals surface area contributed by atoms with Gasteiger partial charge in [0.2, 0.25) is 0 Å². The lowest BCUT2D eigenvalue weighted by Gasteiger charge is -2.31. The number of aromatic nitrogens is 1. The largest absolute Gasteiger partial charge is 0.384 e. The van der Waals surface area contributed by atoms with Gasteiger partial charge in [0, 0.05) is 32.3 Å². The lowest BCUT2D eigenvalue weighted by molar-refractivity contribution is 0.118. The first kappa shape index (κ1) is 18.4. The van der Waals surface area contributed by atoms with E-state index in [1.165, 1.54) is 4.31 Å². The van der Waals surface area contributed by atoms with Crippen molar-refractivity contribution in [1.82, 2.24) is 14.2 Å². The fourth-order valence-corrected chi connectivity index (χ4v) is 4.39. The Morgan fingerprint density at radius 1 is 1.43 bits per heavy atom. The Balaban J connectivity index is 1.79. The number of piperidine rings is 1. The minimum Gasteiger partial charge on any atom is -0.384 e. The quantitative estimate of drug-likeness (QED) is 0.720. The smallest absolute Gasteiger partial charge is 0.279 e. The first-order valence-corrected chi connectivity index (χ1v) is 9.53. The van der Waals surface area contributed by atoms with Gasteiger partial charge < -0.3 is 9.26 Å². The second-order valence-corrected chi connectivity index (χ2v) is 7.88. The maximum absolute atomic E-state index is 12.4. The summed E-state index contributed by atoms with van der Waals surface area (Å²) in [7, 11) is -1.75. The van der Waals surface area contributed by atoms with Gasteiger partial charge in [-0.15, -0.1) is 0 Å². The molecular weight excluding hydrogens is 318 g/mol. The van der Waals surface area contributed by atoms with Crippen molar-refractivity contribution >= 4 is 10.2 Å². The highest BCUT2D eigenvalue weighted by Crippen LogP contribution is 2.19. The van der Waals surface area contributed by atoms with Gasteiger partial charge in [0.25, 0.3) is 10.2 Å². The molecule has 0 radical (unpaired) electrons. The molecule has 0 amide bonds. The van der Waals surface area contributed by atoms with E-state index < -0.39 is 10.2 Å². The van der Waals surface area contributed by atoms with Crippen LogP contribution in [0.5, 0.6) is 0 Å². The third kappa shape index (κ3) is 5.00. The van der Waals surface area contributed by atoms with Gasteiger partial charge in [-0.05, 0) is 45.4 Å². The fourth-order valence-electron chi connectivity index (χ4n) is 3.03. The van der Waals surface area contributed by atoms with E-state index in [0.717, 1.165) is 42.7 Å². The molecule has 0 saturated carbocycles. The maximum Gasteiger partial charge on any atom is 0.279 e. The Kier molecular flexibility index (Phi) is 6.58. The maximum atomic E-state index is 12.4. The number of rotatable bonds is 8. The van der Waals surface area contributed by atoms with Gasteiger partial charge in [-0.1, -0.05) is 5.16 Å². The molecule has 2 rings (SSSR count). The number of hydrogen-bond donors (Lipinski definition) is 1. The van der Waals surface area contributed by atoms with E-state index >= 15 is 0 Å². The third-order valence-corrected chi connectivity index (χ3v) is 5.87. The van der Waals surface area contributed by atoms with Crippen molar-refractivity contribution in [3.63, 3.8) is 0 Å². The summed E-state index contributed by atoms with van der Waals surface area (Å²) in [6.07, 6.45) is 3.38. The van der Waals surface area contributed by atoms with Crippen LogP contribution in [-0.2, 0) is 21.4 Å². The summed E-state index contributed by atoms with van der Waals surface area (Å²) in [4.78, 5) is 0. The normalized spacial score (nSPS) is 20.0. The topological polar surface area (TPSA) is 84.7 Å². The molecule has 7 nitrogen and oxygen atoms in total. The molecule has 23 heavy (non-hydrogen) atoms. The molecule has 1 aliphatic rings. The molecule has 1 fully saturated rings. The van der Waals surface area contributed by atoms with E-state index in [1.54, 1.807) is 7.11 Å². The predicted octanol–water partition coefficient (Wildman–Crippen LogP) is 1.42. The summed E-state index contributed by atoms with van der Waals surface area (Å²) in [6.45, 7) is 5.92. The number of ether oxygens (including phenoxy) is 1. The lowest BCUT2D eigenvalue weighted by atomic mass is 10.0. The van der Waals surface area contributed by atoms with Gasteiger partial charge in [0.05, 0.1) is 12.3 Å². The first-order valence-electron chi connectivity index (χ1n) is 8.09. The Hall–Kier alpha value is -0.960. The van der Waals surface area contributed by atoms with Gasteiger partial charge >= 0.3 is 0 Å². The van der Waals surface area contributed by atoms with Crippen molar-refractivity contribution in [1.29, 1.82) is 0 Å². The van der Waals surface area contributed by atoms with Gasteiger partial charge in [0.1, 0.15) is 5.76 Å². The zero-order valence-corrected chi connectivity index (χ0v) is 15.0. The number of aryl methyl sites for hydroxylation is 2. The first-order chi connectivity index (χ1) is 10.9. The van der Waals surface area contributed by atoms with Crippen LogP contribution in [0.4, 0.5) is 0 Å². The van der Waals surface area contributed by atoms with Gasteiger partial charge in [0.15, 0.2) is 0 Å². The summed E-state index contributed by atoms with van der Waals surface area (Å²) >= 11 is 0. The fraction of sp³-hybridized carbons (Fsp3) is 0.800. The highest BCUT2D eigenvalue weighted by atomic mass is 32.2. The number of nitrogens with one attached hydrogen (secondary N) is 1. The van der Waals surface area contributed by atoms with Crippen LogP contribution in [0.3, 0.4) is 0 Å². The van der Waals surface area contributed by atoms with Crippen LogP contribution in [0.25, 0.3) is 0 Å². The standard InChI is InChI=1S/C15H27N3O4S/c1-12-15(13(2)22-17-12)7-4-8-16-23(19,20)18-9-5-6-14(10-18)11-21-3/h14,16H,4-11H2,1-3H3. The number of nitrogens with zero attached hydrogens (tertiary/aromatic N) is 2. The van der Waals surface area contributed by atoms with E-state index in [-0.39, 0.29) is 5.92 Å². The van der Waals surface area contributed by atoms with Crippen LogP contribution in [0.1, 0.15) is 36.3 Å². The van der Waals surface area contributed by atoms with Gasteiger partial charge in [-0.25, -0.2) is 4.72 Å². The Morgan fingerprint density at radius 2 is 2.22 bits per heavy atom. The zero-order valence-electron chi connectivity index (χ0n) is 14.2. The summed E-state index contributed by atoms with van der Waals surface area (Å²) in [6, 6.07) is 0. The molecule has 0 spiro atoms. The molecule has 132 valence electrons. The van der Waals surface area contributed by atoms with Gasteiger partial charge in [-0.2, -0.15) is 12.7 Å². The molecule has 0 aliphatic carbocycles. The van der Waals surface area contributed by atoms with E-state index in [0.29, 0.717) is 26.2 Å². The second kappa shape index (κ2) is 8.23. The predicted molar refractivity (Wildman–Crippen MR) is 87.4 cm³/mol. The molecule has 8 heteroatoms. The van der Waals surface area contributed by atoms with Crippen molar-refractivity contribution in [2.24, 2.45) is 5.92 Å². The lowest BCUT2D eigenvalue weighted by Crippen LogP contribution is -2.47. The zero-order chi connectivity index (χ0) is 16.9. The van der Waals surface area contributed by atoms with E-state index in [1.807, 2.05) is 13.8 Å². The molecule has 1 unspecified atom stereocenters. The monoisotopic (exact) mass is 345 g/mol. The van der Waals surface area contributed by atoms with E-state index in [9.17, 15) is 8.42 Å². The highest BCUT2D eigenvalue weighted by molar-refractivity contribution is 7.87.